The van der Waals surface area contributed by atoms with E-state index < -0.39 is 11.5 Å². The lowest BCUT2D eigenvalue weighted by Gasteiger charge is -2.31. The van der Waals surface area contributed by atoms with Crippen molar-refractivity contribution >= 4 is 17.8 Å². The fourth-order valence-electron chi connectivity index (χ4n) is 3.81. The number of ether oxygens (including phenoxy) is 1. The van der Waals surface area contributed by atoms with Gasteiger partial charge in [-0.15, -0.1) is 0 Å². The summed E-state index contributed by atoms with van der Waals surface area (Å²) in [5, 5.41) is 14.9. The maximum Gasteiger partial charge on any atom is 0.305 e. The number of allylic oxidation sites excluding steroid dienone is 2. The van der Waals surface area contributed by atoms with Gasteiger partial charge in [0.15, 0.2) is 0 Å². The van der Waals surface area contributed by atoms with Gasteiger partial charge in [0.2, 0.25) is 11.8 Å². The van der Waals surface area contributed by atoms with Crippen molar-refractivity contribution in [1.82, 2.24) is 10.6 Å². The van der Waals surface area contributed by atoms with Gasteiger partial charge in [-0.1, -0.05) is 25.0 Å². The number of esters is 1. The first-order chi connectivity index (χ1) is 13.4. The van der Waals surface area contributed by atoms with E-state index in [1.807, 2.05) is 12.2 Å². The second-order valence-electron chi connectivity index (χ2n) is 8.14. The maximum absolute atomic E-state index is 13.0. The monoisotopic (exact) mass is 394 g/mol. The van der Waals surface area contributed by atoms with Crippen LogP contribution in [0.1, 0.15) is 71.1 Å². The average molecular weight is 395 g/mol. The van der Waals surface area contributed by atoms with Crippen LogP contribution in [0.5, 0.6) is 0 Å². The number of carbonyl (C=O) groups excluding carboxylic acids is 3. The summed E-state index contributed by atoms with van der Waals surface area (Å²) in [6.07, 6.45) is 11.0. The molecular weight excluding hydrogens is 360 g/mol. The van der Waals surface area contributed by atoms with Gasteiger partial charge < -0.3 is 20.5 Å². The summed E-state index contributed by atoms with van der Waals surface area (Å²) in [6.45, 7) is 1.78. The SMILES string of the molecule is C[C@@H](CO)NC(=O)C[C@H]1CC=CCCCCC(=O)OCC2(CCCC2)NC1=O. The van der Waals surface area contributed by atoms with Gasteiger partial charge in [0.25, 0.3) is 0 Å². The van der Waals surface area contributed by atoms with Crippen molar-refractivity contribution in [3.8, 4) is 0 Å². The van der Waals surface area contributed by atoms with Crippen LogP contribution in [-0.2, 0) is 19.1 Å². The van der Waals surface area contributed by atoms with Crippen LogP contribution >= 0.6 is 0 Å². The zero-order chi connectivity index (χ0) is 20.4. The van der Waals surface area contributed by atoms with E-state index in [-0.39, 0.29) is 43.5 Å². The van der Waals surface area contributed by atoms with Crippen LogP contribution in [0, 0.1) is 5.92 Å². The zero-order valence-corrected chi connectivity index (χ0v) is 16.9. The first-order valence-corrected chi connectivity index (χ1v) is 10.5. The van der Waals surface area contributed by atoms with Crippen LogP contribution in [0.15, 0.2) is 12.2 Å². The van der Waals surface area contributed by atoms with Crippen molar-refractivity contribution < 1.29 is 24.2 Å². The molecule has 0 aromatic carbocycles. The van der Waals surface area contributed by atoms with Crippen molar-refractivity contribution in [1.29, 1.82) is 0 Å². The molecule has 1 saturated carbocycles. The smallest absolute Gasteiger partial charge is 0.305 e. The Bertz CT molecular complexity index is 569. The lowest BCUT2D eigenvalue weighted by Crippen LogP contribution is -2.52. The van der Waals surface area contributed by atoms with Crippen LogP contribution in [0.2, 0.25) is 0 Å². The molecule has 0 bridgehead atoms. The van der Waals surface area contributed by atoms with Gasteiger partial charge >= 0.3 is 5.97 Å². The molecule has 0 saturated heterocycles. The van der Waals surface area contributed by atoms with Crippen LogP contribution in [0.25, 0.3) is 0 Å². The highest BCUT2D eigenvalue weighted by Gasteiger charge is 2.38. The third kappa shape index (κ3) is 7.26. The molecule has 0 radical (unpaired) electrons. The first-order valence-electron chi connectivity index (χ1n) is 10.5. The van der Waals surface area contributed by atoms with E-state index in [4.69, 9.17) is 9.84 Å². The molecule has 2 aliphatic rings. The lowest BCUT2D eigenvalue weighted by atomic mass is 9.93. The van der Waals surface area contributed by atoms with E-state index in [9.17, 15) is 14.4 Å². The van der Waals surface area contributed by atoms with Gasteiger partial charge in [0, 0.05) is 18.9 Å². The van der Waals surface area contributed by atoms with Gasteiger partial charge in [0.05, 0.1) is 18.1 Å². The number of amides is 2. The summed E-state index contributed by atoms with van der Waals surface area (Å²) in [4.78, 5) is 37.3. The second kappa shape index (κ2) is 11.2. The summed E-state index contributed by atoms with van der Waals surface area (Å²) >= 11 is 0. The van der Waals surface area contributed by atoms with Gasteiger partial charge in [0.1, 0.15) is 6.61 Å². The molecule has 1 spiro atoms. The second-order valence-corrected chi connectivity index (χ2v) is 8.14. The fourth-order valence-corrected chi connectivity index (χ4v) is 3.81. The highest BCUT2D eigenvalue weighted by Crippen LogP contribution is 2.31. The van der Waals surface area contributed by atoms with E-state index in [2.05, 4.69) is 10.6 Å². The van der Waals surface area contributed by atoms with Gasteiger partial charge in [-0.3, -0.25) is 14.4 Å². The quantitative estimate of drug-likeness (QED) is 0.500. The number of nitrogens with one attached hydrogen (secondary N) is 2. The van der Waals surface area contributed by atoms with E-state index in [0.717, 1.165) is 44.9 Å². The normalized spacial score (nSPS) is 24.9. The number of cyclic esters (lactones) is 1. The summed E-state index contributed by atoms with van der Waals surface area (Å²) in [5.74, 6) is -1.12. The molecule has 0 aromatic heterocycles. The lowest BCUT2D eigenvalue weighted by molar-refractivity contribution is -0.147. The molecular formula is C21H34N2O5. The Kier molecular flexibility index (Phi) is 8.96. The number of hydrogen-bond acceptors (Lipinski definition) is 5. The maximum atomic E-state index is 13.0. The molecule has 1 fully saturated rings. The van der Waals surface area contributed by atoms with Crippen molar-refractivity contribution in [3.05, 3.63) is 12.2 Å². The number of carbonyl (C=O) groups is 3. The Hall–Kier alpha value is -1.89. The Morgan fingerprint density at radius 2 is 2.04 bits per heavy atom. The predicted octanol–water partition coefficient (Wildman–Crippen LogP) is 1.98. The third-order valence-corrected chi connectivity index (χ3v) is 5.53. The Balaban J connectivity index is 2.10. The molecule has 1 heterocycles. The van der Waals surface area contributed by atoms with Crippen LogP contribution in [0.3, 0.4) is 0 Å². The van der Waals surface area contributed by atoms with Crippen LogP contribution < -0.4 is 10.6 Å². The van der Waals surface area contributed by atoms with E-state index >= 15 is 0 Å². The minimum Gasteiger partial charge on any atom is -0.463 e. The van der Waals surface area contributed by atoms with Crippen LogP contribution in [-0.4, -0.2) is 47.7 Å². The molecule has 28 heavy (non-hydrogen) atoms. The molecule has 2 amide bonds. The summed E-state index contributed by atoms with van der Waals surface area (Å²) in [7, 11) is 0. The highest BCUT2D eigenvalue weighted by molar-refractivity contribution is 5.86. The highest BCUT2D eigenvalue weighted by atomic mass is 16.5. The summed E-state index contributed by atoms with van der Waals surface area (Å²) < 4.78 is 5.48. The zero-order valence-electron chi connectivity index (χ0n) is 16.9. The minimum absolute atomic E-state index is 0.0659. The standard InChI is InChI=1S/C21H34N2O5/c1-16(14-24)22-18(25)13-17-9-5-3-2-4-6-10-19(26)28-15-21(23-20(17)27)11-7-8-12-21/h3,5,16-17,24H,2,4,6-15H2,1H3,(H,22,25)(H,23,27)/t16-,17+/m0/s1. The molecule has 2 atom stereocenters. The Morgan fingerprint density at radius 1 is 1.29 bits per heavy atom. The van der Waals surface area contributed by atoms with Crippen LogP contribution in [0.4, 0.5) is 0 Å². The van der Waals surface area contributed by atoms with Gasteiger partial charge in [-0.2, -0.15) is 0 Å². The Labute approximate surface area is 167 Å². The summed E-state index contributed by atoms with van der Waals surface area (Å²) in [5.41, 5.74) is -0.520. The van der Waals surface area contributed by atoms with E-state index in [1.54, 1.807) is 6.92 Å². The molecule has 1 aliphatic heterocycles. The fraction of sp³-hybridized carbons (Fsp3) is 0.762. The molecule has 158 valence electrons. The number of aliphatic hydroxyl groups excluding tert-OH is 1. The van der Waals surface area contributed by atoms with Crippen molar-refractivity contribution in [2.45, 2.75) is 82.7 Å². The number of rotatable bonds is 4. The number of aliphatic hydroxyl groups is 1. The van der Waals surface area contributed by atoms with E-state index in [1.165, 1.54) is 0 Å². The molecule has 3 N–H and O–H groups in total. The minimum atomic E-state index is -0.520. The first kappa shape index (κ1) is 22.4. The van der Waals surface area contributed by atoms with E-state index in [0.29, 0.717) is 12.8 Å². The van der Waals surface area contributed by atoms with Crippen molar-refractivity contribution in [2.75, 3.05) is 13.2 Å². The molecule has 2 rings (SSSR count). The molecule has 7 heteroatoms. The van der Waals surface area contributed by atoms with Gasteiger partial charge in [-0.05, 0) is 45.4 Å². The van der Waals surface area contributed by atoms with Gasteiger partial charge in [-0.25, -0.2) is 0 Å². The number of hydrogen-bond donors (Lipinski definition) is 3. The average Bonchev–Trinajstić information content (AvgIpc) is 3.12. The topological polar surface area (TPSA) is 105 Å². The molecule has 0 unspecified atom stereocenters. The molecule has 1 aliphatic carbocycles. The Morgan fingerprint density at radius 3 is 2.75 bits per heavy atom. The van der Waals surface area contributed by atoms with Crippen molar-refractivity contribution in [3.63, 3.8) is 0 Å². The summed E-state index contributed by atoms with van der Waals surface area (Å²) in [6, 6.07) is -0.342. The van der Waals surface area contributed by atoms with Crippen molar-refractivity contribution in [2.24, 2.45) is 5.92 Å². The third-order valence-electron chi connectivity index (χ3n) is 5.53. The predicted molar refractivity (Wildman–Crippen MR) is 105 cm³/mol. The largest absolute Gasteiger partial charge is 0.463 e. The molecule has 0 aromatic rings. The molecule has 7 nitrogen and oxygen atoms in total.